The summed E-state index contributed by atoms with van der Waals surface area (Å²) in [7, 11) is 0. The smallest absolute Gasteiger partial charge is 0.147 e. The second-order valence-electron chi connectivity index (χ2n) is 8.05. The van der Waals surface area contributed by atoms with Crippen LogP contribution in [0.1, 0.15) is 37.8 Å². The van der Waals surface area contributed by atoms with Crippen LogP contribution in [0.25, 0.3) is 0 Å². The number of hydrogen-bond acceptors (Lipinski definition) is 2. The van der Waals surface area contributed by atoms with E-state index < -0.39 is 5.41 Å². The van der Waals surface area contributed by atoms with Crippen LogP contribution in [-0.4, -0.2) is 11.6 Å². The molecule has 0 heterocycles. The third-order valence-electron chi connectivity index (χ3n) is 5.18. The summed E-state index contributed by atoms with van der Waals surface area (Å²) in [4.78, 5) is 26.2. The van der Waals surface area contributed by atoms with Crippen LogP contribution in [0.2, 0.25) is 0 Å². The van der Waals surface area contributed by atoms with Crippen molar-refractivity contribution in [2.45, 2.75) is 39.5 Å². The Morgan fingerprint density at radius 3 is 1.42 bits per heavy atom. The van der Waals surface area contributed by atoms with Crippen molar-refractivity contribution in [2.24, 2.45) is 10.8 Å². The summed E-state index contributed by atoms with van der Waals surface area (Å²) in [6.07, 6.45) is 1.11. The molecule has 0 atom stereocenters. The zero-order chi connectivity index (χ0) is 18.9. The molecule has 0 N–H and O–H groups in total. The molecule has 3 rings (SSSR count). The quantitative estimate of drug-likeness (QED) is 0.745. The minimum absolute atomic E-state index is 0.0904. The molecule has 0 spiro atoms. The molecule has 1 saturated carbocycles. The highest BCUT2D eigenvalue weighted by Crippen LogP contribution is 2.44. The lowest BCUT2D eigenvalue weighted by molar-refractivity contribution is -0.148. The van der Waals surface area contributed by atoms with Gasteiger partial charge in [-0.25, -0.2) is 8.78 Å². The first kappa shape index (κ1) is 18.4. The molecule has 0 saturated heterocycles. The maximum atomic E-state index is 13.2. The first-order valence-electron chi connectivity index (χ1n) is 8.76. The Kier molecular flexibility index (Phi) is 4.78. The molecule has 0 aliphatic heterocycles. The zero-order valence-electron chi connectivity index (χ0n) is 15.0. The van der Waals surface area contributed by atoms with Crippen molar-refractivity contribution in [3.63, 3.8) is 0 Å². The van der Waals surface area contributed by atoms with E-state index >= 15 is 0 Å². The molecule has 1 fully saturated rings. The summed E-state index contributed by atoms with van der Waals surface area (Å²) >= 11 is 0. The second-order valence-corrected chi connectivity index (χ2v) is 8.05. The van der Waals surface area contributed by atoms with Crippen LogP contribution in [0.15, 0.2) is 48.5 Å². The van der Waals surface area contributed by atoms with Crippen molar-refractivity contribution in [1.29, 1.82) is 0 Å². The zero-order valence-corrected chi connectivity index (χ0v) is 15.0. The molecule has 0 unspecified atom stereocenters. The minimum atomic E-state index is -1.18. The van der Waals surface area contributed by atoms with Crippen LogP contribution in [0.4, 0.5) is 8.78 Å². The van der Waals surface area contributed by atoms with Crippen LogP contribution in [0.3, 0.4) is 0 Å². The molecule has 136 valence electrons. The van der Waals surface area contributed by atoms with Crippen molar-refractivity contribution >= 4 is 11.6 Å². The van der Waals surface area contributed by atoms with E-state index in [0.29, 0.717) is 12.8 Å². The Bertz CT molecular complexity index is 751. The van der Waals surface area contributed by atoms with Gasteiger partial charge in [-0.3, -0.25) is 9.59 Å². The van der Waals surface area contributed by atoms with Gasteiger partial charge in [-0.2, -0.15) is 0 Å². The Labute approximate surface area is 152 Å². The van der Waals surface area contributed by atoms with Gasteiger partial charge in [0.05, 0.1) is 5.41 Å². The Hall–Kier alpha value is -2.36. The summed E-state index contributed by atoms with van der Waals surface area (Å²) < 4.78 is 26.5. The summed E-state index contributed by atoms with van der Waals surface area (Å²) in [6, 6.07) is 11.8. The normalized spacial score (nSPS) is 18.8. The summed E-state index contributed by atoms with van der Waals surface area (Å²) in [5.74, 6) is -0.896. The lowest BCUT2D eigenvalue weighted by Crippen LogP contribution is -2.50. The number of halogens is 2. The molecular weight excluding hydrogens is 334 g/mol. The fourth-order valence-corrected chi connectivity index (χ4v) is 3.78. The second kappa shape index (κ2) is 6.75. The number of rotatable bonds is 4. The van der Waals surface area contributed by atoms with E-state index in [4.69, 9.17) is 0 Å². The molecule has 1 aliphatic rings. The van der Waals surface area contributed by atoms with Gasteiger partial charge in [0.2, 0.25) is 0 Å². The van der Waals surface area contributed by atoms with Gasteiger partial charge >= 0.3 is 0 Å². The van der Waals surface area contributed by atoms with E-state index in [0.717, 1.165) is 11.1 Å². The van der Waals surface area contributed by atoms with Crippen molar-refractivity contribution in [3.05, 3.63) is 71.3 Å². The van der Waals surface area contributed by atoms with Crippen LogP contribution in [0, 0.1) is 22.5 Å². The van der Waals surface area contributed by atoms with Crippen LogP contribution >= 0.6 is 0 Å². The maximum Gasteiger partial charge on any atom is 0.147 e. The maximum absolute atomic E-state index is 13.2. The molecule has 0 aromatic heterocycles. The van der Waals surface area contributed by atoms with Crippen LogP contribution in [-0.2, 0) is 22.4 Å². The van der Waals surface area contributed by atoms with Gasteiger partial charge in [-0.05, 0) is 53.6 Å². The Morgan fingerprint density at radius 1 is 0.731 bits per heavy atom. The van der Waals surface area contributed by atoms with Gasteiger partial charge in [0.1, 0.15) is 23.2 Å². The van der Waals surface area contributed by atoms with Gasteiger partial charge in [0.25, 0.3) is 0 Å². The molecule has 26 heavy (non-hydrogen) atoms. The van der Waals surface area contributed by atoms with E-state index in [1.807, 2.05) is 13.8 Å². The van der Waals surface area contributed by atoms with E-state index in [-0.39, 0.29) is 41.5 Å². The Balaban J connectivity index is 2.00. The highest BCUT2D eigenvalue weighted by Gasteiger charge is 2.51. The SMILES string of the molecule is CC1(C)CC(=O)C(Cc2ccc(F)cc2)(Cc2ccc(F)cc2)C(=O)C1. The van der Waals surface area contributed by atoms with Crippen LogP contribution in [0.5, 0.6) is 0 Å². The molecule has 2 nitrogen and oxygen atoms in total. The topological polar surface area (TPSA) is 34.1 Å². The van der Waals surface area contributed by atoms with E-state index in [9.17, 15) is 18.4 Å². The number of hydrogen-bond donors (Lipinski definition) is 0. The van der Waals surface area contributed by atoms with Gasteiger partial charge < -0.3 is 0 Å². The third kappa shape index (κ3) is 3.74. The predicted molar refractivity (Wildman–Crippen MR) is 95.7 cm³/mol. The molecule has 2 aromatic carbocycles. The molecule has 0 radical (unpaired) electrons. The summed E-state index contributed by atoms with van der Waals surface area (Å²) in [5, 5.41) is 0. The Morgan fingerprint density at radius 2 is 1.08 bits per heavy atom. The monoisotopic (exact) mass is 356 g/mol. The highest BCUT2D eigenvalue weighted by molar-refractivity contribution is 6.10. The van der Waals surface area contributed by atoms with E-state index in [1.165, 1.54) is 24.3 Å². The van der Waals surface area contributed by atoms with Crippen molar-refractivity contribution in [3.8, 4) is 0 Å². The number of ketones is 2. The summed E-state index contributed by atoms with van der Waals surface area (Å²) in [6.45, 7) is 3.84. The van der Waals surface area contributed by atoms with E-state index in [2.05, 4.69) is 0 Å². The highest BCUT2D eigenvalue weighted by atomic mass is 19.1. The molecular formula is C22H22F2O2. The lowest BCUT2D eigenvalue weighted by Gasteiger charge is -2.41. The average Bonchev–Trinajstić information content (AvgIpc) is 2.56. The molecule has 0 amide bonds. The number of carbonyl (C=O) groups is 2. The lowest BCUT2D eigenvalue weighted by atomic mass is 9.59. The largest absolute Gasteiger partial charge is 0.299 e. The van der Waals surface area contributed by atoms with Crippen LogP contribution < -0.4 is 0 Å². The standard InChI is InChI=1S/C22H22F2O2/c1-21(2)13-19(25)22(20(26)14-21,11-15-3-7-17(23)8-4-15)12-16-5-9-18(24)10-6-16/h3-10H,11-14H2,1-2H3. The molecule has 0 bridgehead atoms. The average molecular weight is 356 g/mol. The van der Waals surface area contributed by atoms with Gasteiger partial charge in [0.15, 0.2) is 0 Å². The minimum Gasteiger partial charge on any atom is -0.299 e. The van der Waals surface area contributed by atoms with Gasteiger partial charge in [0, 0.05) is 12.8 Å². The van der Waals surface area contributed by atoms with E-state index in [1.54, 1.807) is 24.3 Å². The van der Waals surface area contributed by atoms with Crippen molar-refractivity contribution < 1.29 is 18.4 Å². The first-order chi connectivity index (χ1) is 12.2. The molecule has 2 aromatic rings. The predicted octanol–water partition coefficient (Wildman–Crippen LogP) is 4.69. The van der Waals surface area contributed by atoms with Crippen molar-refractivity contribution in [1.82, 2.24) is 0 Å². The fourth-order valence-electron chi connectivity index (χ4n) is 3.78. The molecule has 4 heteroatoms. The molecule has 1 aliphatic carbocycles. The first-order valence-corrected chi connectivity index (χ1v) is 8.76. The summed E-state index contributed by atoms with van der Waals surface area (Å²) in [5.41, 5.74) is -0.0427. The fraction of sp³-hybridized carbons (Fsp3) is 0.364. The van der Waals surface area contributed by atoms with Gasteiger partial charge in [-0.15, -0.1) is 0 Å². The third-order valence-corrected chi connectivity index (χ3v) is 5.18. The van der Waals surface area contributed by atoms with Gasteiger partial charge in [-0.1, -0.05) is 38.1 Å². The number of benzene rings is 2. The number of Topliss-reactive ketones (excluding diaryl/α,β-unsaturated/α-hetero) is 2. The van der Waals surface area contributed by atoms with Crippen molar-refractivity contribution in [2.75, 3.05) is 0 Å². The number of carbonyl (C=O) groups excluding carboxylic acids is 2.